The fourth-order valence-corrected chi connectivity index (χ4v) is 4.67. The Morgan fingerprint density at radius 2 is 1.40 bits per heavy atom. The van der Waals surface area contributed by atoms with Crippen LogP contribution in [0.15, 0.2) is 0 Å². The van der Waals surface area contributed by atoms with E-state index < -0.39 is 11.9 Å². The fourth-order valence-electron chi connectivity index (χ4n) is 4.67. The zero-order valence-corrected chi connectivity index (χ0v) is 19.6. The summed E-state index contributed by atoms with van der Waals surface area (Å²) in [6, 6.07) is 0. The lowest BCUT2D eigenvalue weighted by molar-refractivity contribution is -0.144. The van der Waals surface area contributed by atoms with Gasteiger partial charge in [-0.25, -0.2) is 0 Å². The molecule has 7 heteroatoms. The molecule has 0 radical (unpaired) electrons. The molecule has 2 saturated heterocycles. The third kappa shape index (κ3) is 11.9. The number of hydrogen-bond donors (Lipinski definition) is 5. The molecule has 0 amide bonds. The van der Waals surface area contributed by atoms with Gasteiger partial charge in [0.15, 0.2) is 0 Å². The first-order valence-corrected chi connectivity index (χ1v) is 11.7. The van der Waals surface area contributed by atoms with Crippen molar-refractivity contribution in [1.29, 1.82) is 0 Å². The zero-order chi connectivity index (χ0) is 22.6. The summed E-state index contributed by atoms with van der Waals surface area (Å²) in [6.07, 6.45) is 7.55. The monoisotopic (exact) mass is 427 g/mol. The number of rotatable bonds is 10. The Balaban J connectivity index is 0.000000375. The maximum Gasteiger partial charge on any atom is 0.306 e. The maximum absolute atomic E-state index is 11.4. The molecule has 176 valence electrons. The summed E-state index contributed by atoms with van der Waals surface area (Å²) in [6.45, 7) is 12.9. The predicted octanol–water partition coefficient (Wildman–Crippen LogP) is 3.24. The van der Waals surface area contributed by atoms with Crippen LogP contribution < -0.4 is 16.0 Å². The van der Waals surface area contributed by atoms with Crippen LogP contribution in [0.2, 0.25) is 0 Å². The number of unbranched alkanes of at least 4 members (excludes halogenated alkanes) is 4. The maximum atomic E-state index is 11.4. The molecule has 0 aromatic rings. The van der Waals surface area contributed by atoms with Gasteiger partial charge in [-0.2, -0.15) is 0 Å². The van der Waals surface area contributed by atoms with Crippen molar-refractivity contribution in [1.82, 2.24) is 16.0 Å². The average Bonchev–Trinajstić information content (AvgIpc) is 2.62. The predicted molar refractivity (Wildman–Crippen MR) is 121 cm³/mol. The van der Waals surface area contributed by atoms with Crippen molar-refractivity contribution in [2.75, 3.05) is 26.2 Å². The van der Waals surface area contributed by atoms with Gasteiger partial charge in [0, 0.05) is 30.6 Å². The van der Waals surface area contributed by atoms with Gasteiger partial charge in [0.05, 0.1) is 5.92 Å². The lowest BCUT2D eigenvalue weighted by Crippen LogP contribution is -2.65. The second-order valence-electron chi connectivity index (χ2n) is 10.2. The quantitative estimate of drug-likeness (QED) is 0.340. The number of nitrogens with one attached hydrogen (secondary N) is 3. The minimum atomic E-state index is -0.734. The molecule has 2 fully saturated rings. The number of hydrogen-bond acceptors (Lipinski definition) is 5. The third-order valence-electron chi connectivity index (χ3n) is 5.99. The molecule has 7 nitrogen and oxygen atoms in total. The first-order chi connectivity index (χ1) is 14.0. The number of piperidine rings is 1. The second kappa shape index (κ2) is 13.3. The first kappa shape index (κ1) is 26.9. The van der Waals surface area contributed by atoms with E-state index in [2.05, 4.69) is 43.6 Å². The molecule has 0 aromatic carbocycles. The summed E-state index contributed by atoms with van der Waals surface area (Å²) >= 11 is 0. The summed E-state index contributed by atoms with van der Waals surface area (Å²) in [7, 11) is 0. The van der Waals surface area contributed by atoms with Crippen LogP contribution in [-0.4, -0.2) is 59.4 Å². The SMILES string of the molecule is CC1(C)CNCC(C)(C)N1.O=C(O)CCCCCCCC(C(=O)O)C1CCNCC1. The molecule has 2 aliphatic rings. The molecular formula is C23H45N3O4. The van der Waals surface area contributed by atoms with Crippen LogP contribution >= 0.6 is 0 Å². The number of piperazine rings is 1. The topological polar surface area (TPSA) is 111 Å². The molecule has 0 spiro atoms. The minimum Gasteiger partial charge on any atom is -0.481 e. The highest BCUT2D eigenvalue weighted by Gasteiger charge is 2.31. The van der Waals surface area contributed by atoms with Gasteiger partial charge in [0.25, 0.3) is 0 Å². The van der Waals surface area contributed by atoms with Crippen molar-refractivity contribution in [3.63, 3.8) is 0 Å². The Kier molecular flexibility index (Phi) is 11.9. The lowest BCUT2D eigenvalue weighted by Gasteiger charge is -2.42. The summed E-state index contributed by atoms with van der Waals surface area (Å²) < 4.78 is 0. The van der Waals surface area contributed by atoms with Crippen LogP contribution in [0, 0.1) is 11.8 Å². The highest BCUT2D eigenvalue weighted by molar-refractivity contribution is 5.70. The summed E-state index contributed by atoms with van der Waals surface area (Å²) in [5, 5.41) is 28.1. The molecular weight excluding hydrogens is 382 g/mol. The van der Waals surface area contributed by atoms with E-state index in [9.17, 15) is 14.7 Å². The summed E-state index contributed by atoms with van der Waals surface area (Å²) in [5.74, 6) is -1.26. The van der Waals surface area contributed by atoms with Gasteiger partial charge in [0.2, 0.25) is 0 Å². The zero-order valence-electron chi connectivity index (χ0n) is 19.6. The number of aliphatic carboxylic acids is 2. The van der Waals surface area contributed by atoms with E-state index in [-0.39, 0.29) is 23.4 Å². The third-order valence-corrected chi connectivity index (χ3v) is 5.99. The number of carboxylic acid groups (broad SMARTS) is 2. The summed E-state index contributed by atoms with van der Waals surface area (Å²) in [4.78, 5) is 21.7. The molecule has 2 aliphatic heterocycles. The van der Waals surface area contributed by atoms with Crippen molar-refractivity contribution < 1.29 is 19.8 Å². The van der Waals surface area contributed by atoms with Crippen molar-refractivity contribution in [2.24, 2.45) is 11.8 Å². The van der Waals surface area contributed by atoms with Gasteiger partial charge in [0.1, 0.15) is 0 Å². The molecule has 1 atom stereocenters. The van der Waals surface area contributed by atoms with Crippen LogP contribution in [0.1, 0.15) is 85.5 Å². The van der Waals surface area contributed by atoms with Crippen molar-refractivity contribution >= 4 is 11.9 Å². The van der Waals surface area contributed by atoms with E-state index in [0.29, 0.717) is 5.92 Å². The standard InChI is InChI=1S/C15H27NO4.C8H18N2/c17-14(18)7-5-3-1-2-4-6-13(15(19)20)12-8-10-16-11-9-12;1-7(2)5-9-6-8(3,4)10-7/h12-13,16H,1-11H2,(H,17,18)(H,19,20);9-10H,5-6H2,1-4H3. The largest absolute Gasteiger partial charge is 0.481 e. The van der Waals surface area contributed by atoms with Gasteiger partial charge in [-0.15, -0.1) is 0 Å². The lowest BCUT2D eigenvalue weighted by atomic mass is 9.82. The normalized spacial score (nSPS) is 21.9. The molecule has 0 saturated carbocycles. The minimum absolute atomic E-state index is 0.198. The average molecular weight is 428 g/mol. The van der Waals surface area contributed by atoms with E-state index in [4.69, 9.17) is 5.11 Å². The van der Waals surface area contributed by atoms with Crippen LogP contribution in [0.3, 0.4) is 0 Å². The molecule has 0 aliphatic carbocycles. The van der Waals surface area contributed by atoms with Crippen LogP contribution in [0.5, 0.6) is 0 Å². The van der Waals surface area contributed by atoms with E-state index in [1.807, 2.05) is 0 Å². The Hall–Kier alpha value is -1.18. The Morgan fingerprint density at radius 1 is 0.867 bits per heavy atom. The molecule has 0 bridgehead atoms. The molecule has 2 heterocycles. The van der Waals surface area contributed by atoms with Crippen molar-refractivity contribution in [2.45, 2.75) is 96.6 Å². The number of carbonyl (C=O) groups is 2. The Labute approximate surface area is 182 Å². The van der Waals surface area contributed by atoms with E-state index in [0.717, 1.165) is 77.5 Å². The fraction of sp³-hybridized carbons (Fsp3) is 0.913. The van der Waals surface area contributed by atoms with Crippen LogP contribution in [0.4, 0.5) is 0 Å². The van der Waals surface area contributed by atoms with Gasteiger partial charge in [-0.3, -0.25) is 9.59 Å². The van der Waals surface area contributed by atoms with E-state index in [1.165, 1.54) is 0 Å². The highest BCUT2D eigenvalue weighted by Crippen LogP contribution is 2.27. The molecule has 1 unspecified atom stereocenters. The molecule has 2 rings (SSSR count). The van der Waals surface area contributed by atoms with E-state index >= 15 is 0 Å². The Morgan fingerprint density at radius 3 is 1.87 bits per heavy atom. The van der Waals surface area contributed by atoms with Gasteiger partial charge in [-0.05, 0) is 72.4 Å². The van der Waals surface area contributed by atoms with Gasteiger partial charge < -0.3 is 26.2 Å². The highest BCUT2D eigenvalue weighted by atomic mass is 16.4. The van der Waals surface area contributed by atoms with Crippen LogP contribution in [-0.2, 0) is 9.59 Å². The van der Waals surface area contributed by atoms with Gasteiger partial charge >= 0.3 is 11.9 Å². The number of carboxylic acids is 2. The Bertz CT molecular complexity index is 503. The second-order valence-corrected chi connectivity index (χ2v) is 10.2. The first-order valence-electron chi connectivity index (χ1n) is 11.7. The smallest absolute Gasteiger partial charge is 0.306 e. The molecule has 0 aromatic heterocycles. The van der Waals surface area contributed by atoms with Crippen molar-refractivity contribution in [3.05, 3.63) is 0 Å². The van der Waals surface area contributed by atoms with E-state index in [1.54, 1.807) is 0 Å². The summed E-state index contributed by atoms with van der Waals surface area (Å²) in [5.41, 5.74) is 0.503. The van der Waals surface area contributed by atoms with Gasteiger partial charge in [-0.1, -0.05) is 25.7 Å². The molecule has 30 heavy (non-hydrogen) atoms. The van der Waals surface area contributed by atoms with Crippen molar-refractivity contribution in [3.8, 4) is 0 Å². The van der Waals surface area contributed by atoms with Crippen LogP contribution in [0.25, 0.3) is 0 Å². The molecule has 5 N–H and O–H groups in total.